The number of hydrogen-bond donors (Lipinski definition) is 2. The molecule has 0 unspecified atom stereocenters. The van der Waals surface area contributed by atoms with Crippen LogP contribution >= 0.6 is 11.3 Å². The lowest BCUT2D eigenvalue weighted by atomic mass is 9.73. The number of rotatable bonds is 8. The number of methoxy groups -OCH3 is 1. The van der Waals surface area contributed by atoms with Gasteiger partial charge in [-0.1, -0.05) is 13.8 Å². The van der Waals surface area contributed by atoms with Gasteiger partial charge >= 0.3 is 12.2 Å². The van der Waals surface area contributed by atoms with Gasteiger partial charge in [-0.2, -0.15) is 28.4 Å². The fraction of sp³-hybridized carbons (Fsp3) is 0.529. The lowest BCUT2D eigenvalue weighted by Crippen LogP contribution is -2.52. The number of ether oxygens (including phenoxy) is 2. The summed E-state index contributed by atoms with van der Waals surface area (Å²) in [5, 5.41) is 13.2. The van der Waals surface area contributed by atoms with Crippen molar-refractivity contribution in [3.63, 3.8) is 0 Å². The highest BCUT2D eigenvalue weighted by Crippen LogP contribution is 2.48. The Balaban J connectivity index is 1.45. The SMILES string of the molecule is CCN1CC[C@H](C(F)F)[C@](C)(COc2nc(N3C[C@H]4CC[C@@H](C3)N4)c3c(OC)nc(-c4c(C(F)(F)F)ccc5sc(N)c(C#N)c45)c(F)c3n2)C1. The first-order chi connectivity index (χ1) is 24.3. The Morgan fingerprint density at radius 2 is 1.86 bits per heavy atom. The van der Waals surface area contributed by atoms with Gasteiger partial charge in [-0.25, -0.2) is 18.2 Å². The number of likely N-dealkylation sites (tertiary alicyclic amines) is 1. The number of nitrogens with one attached hydrogen (secondary N) is 1. The molecule has 17 heteroatoms. The van der Waals surface area contributed by atoms with Crippen molar-refractivity contribution in [1.82, 2.24) is 25.2 Å². The molecule has 3 aliphatic heterocycles. The van der Waals surface area contributed by atoms with Crippen molar-refractivity contribution in [3.8, 4) is 29.2 Å². The van der Waals surface area contributed by atoms with Crippen LogP contribution in [0.5, 0.6) is 11.9 Å². The van der Waals surface area contributed by atoms with Crippen LogP contribution in [0.1, 0.15) is 44.2 Å². The number of alkyl halides is 5. The molecule has 3 aromatic heterocycles. The smallest absolute Gasteiger partial charge is 0.417 e. The Bertz CT molecular complexity index is 2020. The Morgan fingerprint density at radius 3 is 2.49 bits per heavy atom. The molecule has 3 fully saturated rings. The van der Waals surface area contributed by atoms with E-state index in [4.69, 9.17) is 15.2 Å². The monoisotopic (exact) mass is 734 g/mol. The summed E-state index contributed by atoms with van der Waals surface area (Å²) in [5.74, 6) is -2.25. The molecule has 10 nitrogen and oxygen atoms in total. The molecule has 4 atom stereocenters. The van der Waals surface area contributed by atoms with Gasteiger partial charge < -0.3 is 30.3 Å². The van der Waals surface area contributed by atoms with Gasteiger partial charge in [0.2, 0.25) is 12.3 Å². The summed E-state index contributed by atoms with van der Waals surface area (Å²) in [4.78, 5) is 17.3. The number of hydrogen-bond acceptors (Lipinski definition) is 11. The van der Waals surface area contributed by atoms with Crippen molar-refractivity contribution in [3.05, 3.63) is 29.1 Å². The van der Waals surface area contributed by atoms with Crippen molar-refractivity contribution in [2.45, 2.75) is 57.8 Å². The first kappa shape index (κ1) is 35.3. The van der Waals surface area contributed by atoms with E-state index < -0.39 is 52.1 Å². The van der Waals surface area contributed by atoms with E-state index in [0.29, 0.717) is 32.7 Å². The number of piperidine rings is 1. The number of nitrogens with zero attached hydrogens (tertiary/aromatic N) is 6. The summed E-state index contributed by atoms with van der Waals surface area (Å²) >= 11 is 0.896. The summed E-state index contributed by atoms with van der Waals surface area (Å²) in [6.45, 7) is 5.89. The average molecular weight is 735 g/mol. The highest BCUT2D eigenvalue weighted by molar-refractivity contribution is 7.23. The zero-order valence-electron chi connectivity index (χ0n) is 28.1. The van der Waals surface area contributed by atoms with Gasteiger partial charge in [0.05, 0.1) is 24.8 Å². The molecular formula is C34H36F6N8O2S. The summed E-state index contributed by atoms with van der Waals surface area (Å²) in [5.41, 5.74) is 1.69. The number of benzene rings is 1. The third kappa shape index (κ3) is 6.14. The maximum atomic E-state index is 17.2. The second kappa shape index (κ2) is 13.1. The van der Waals surface area contributed by atoms with Crippen LogP contribution in [0, 0.1) is 28.5 Å². The number of nitriles is 1. The number of fused-ring (bicyclic) bond motifs is 4. The molecule has 0 radical (unpaired) electrons. The zero-order chi connectivity index (χ0) is 36.4. The maximum absolute atomic E-state index is 17.2. The van der Waals surface area contributed by atoms with Crippen molar-refractivity contribution in [2.24, 2.45) is 11.3 Å². The Morgan fingerprint density at radius 1 is 1.14 bits per heavy atom. The van der Waals surface area contributed by atoms with Crippen molar-refractivity contribution >= 4 is 43.1 Å². The van der Waals surface area contributed by atoms with Gasteiger partial charge in [0.15, 0.2) is 5.82 Å². The minimum atomic E-state index is -4.97. The molecule has 2 bridgehead atoms. The minimum Gasteiger partial charge on any atom is -0.480 e. The number of halogens is 6. The normalized spacial score (nSPS) is 24.1. The van der Waals surface area contributed by atoms with Crippen LogP contribution < -0.4 is 25.4 Å². The van der Waals surface area contributed by atoms with Crippen LogP contribution in [-0.4, -0.2) is 84.8 Å². The quantitative estimate of drug-likeness (QED) is 0.195. The number of pyridine rings is 1. The molecule has 0 spiro atoms. The first-order valence-corrected chi connectivity index (χ1v) is 17.5. The van der Waals surface area contributed by atoms with Crippen molar-refractivity contribution in [1.29, 1.82) is 5.26 Å². The van der Waals surface area contributed by atoms with Gasteiger partial charge in [-0.05, 0) is 44.5 Å². The molecule has 1 aromatic carbocycles. The zero-order valence-corrected chi connectivity index (χ0v) is 28.9. The number of piperazine rings is 1. The Kier molecular flexibility index (Phi) is 9.08. The first-order valence-electron chi connectivity index (χ1n) is 16.7. The molecule has 272 valence electrons. The van der Waals surface area contributed by atoms with E-state index in [1.807, 2.05) is 17.9 Å². The lowest BCUT2D eigenvalue weighted by molar-refractivity contribution is -0.137. The molecule has 0 amide bonds. The fourth-order valence-electron chi connectivity index (χ4n) is 7.94. The van der Waals surface area contributed by atoms with Crippen LogP contribution in [-0.2, 0) is 6.18 Å². The molecule has 6 heterocycles. The molecule has 51 heavy (non-hydrogen) atoms. The number of thiophene rings is 1. The van der Waals surface area contributed by atoms with Gasteiger partial charge in [0, 0.05) is 58.7 Å². The molecule has 0 saturated carbocycles. The van der Waals surface area contributed by atoms with Gasteiger partial charge in [0.1, 0.15) is 33.5 Å². The largest absolute Gasteiger partial charge is 0.480 e. The highest BCUT2D eigenvalue weighted by Gasteiger charge is 2.45. The summed E-state index contributed by atoms with van der Waals surface area (Å²) in [6.07, 6.45) is -5.52. The average Bonchev–Trinajstić information content (AvgIpc) is 3.61. The van der Waals surface area contributed by atoms with Crippen LogP contribution in [0.4, 0.5) is 37.2 Å². The highest BCUT2D eigenvalue weighted by atomic mass is 32.1. The minimum absolute atomic E-state index is 0.0185. The van der Waals surface area contributed by atoms with Crippen molar-refractivity contribution < 1.29 is 35.8 Å². The fourth-order valence-corrected chi connectivity index (χ4v) is 8.87. The van der Waals surface area contributed by atoms with E-state index in [-0.39, 0.29) is 68.9 Å². The lowest BCUT2D eigenvalue weighted by Gasteiger charge is -2.45. The summed E-state index contributed by atoms with van der Waals surface area (Å²) in [6, 6.07) is 3.73. The predicted molar refractivity (Wildman–Crippen MR) is 181 cm³/mol. The number of anilines is 2. The van der Waals surface area contributed by atoms with E-state index in [2.05, 4.69) is 25.2 Å². The molecule has 3 aliphatic rings. The second-order valence-electron chi connectivity index (χ2n) is 13.7. The number of aromatic nitrogens is 3. The topological polar surface area (TPSA) is 125 Å². The molecule has 3 saturated heterocycles. The van der Waals surface area contributed by atoms with E-state index in [9.17, 15) is 27.2 Å². The van der Waals surface area contributed by atoms with Crippen LogP contribution in [0.25, 0.3) is 32.2 Å². The third-order valence-corrected chi connectivity index (χ3v) is 11.5. The van der Waals surface area contributed by atoms with Gasteiger partial charge in [-0.3, -0.25) is 0 Å². The standard InChI is InChI=1S/C34H36F6N8O2S/c1-4-47-10-9-20(28(36)37)33(2,14-47)15-50-32-45-27-24(30(46-32)48-12-16-5-6-17(13-48)43-16)31(49-3)44-26(25(27)35)23-19(34(38,39)40)7-8-21-22(23)18(11-41)29(42)51-21/h7-8,16-17,20,28,43H,4-6,9-10,12-15,42H2,1-3H3/t16-,17+,20-,33+/m1/s1. The molecule has 4 aromatic rings. The molecule has 0 aliphatic carbocycles. The molecular weight excluding hydrogens is 698 g/mol. The second-order valence-corrected chi connectivity index (χ2v) is 14.8. The van der Waals surface area contributed by atoms with E-state index in [1.54, 1.807) is 6.92 Å². The molecule has 3 N–H and O–H groups in total. The maximum Gasteiger partial charge on any atom is 0.417 e. The third-order valence-electron chi connectivity index (χ3n) is 10.5. The number of nitrogen functional groups attached to an aromatic ring is 1. The van der Waals surface area contributed by atoms with Crippen LogP contribution in [0.15, 0.2) is 12.1 Å². The van der Waals surface area contributed by atoms with Crippen LogP contribution in [0.2, 0.25) is 0 Å². The summed E-state index contributed by atoms with van der Waals surface area (Å²) < 4.78 is 102. The van der Waals surface area contributed by atoms with E-state index >= 15 is 4.39 Å². The molecule has 7 rings (SSSR count). The Hall–Kier alpha value is -4.14. The Labute approximate surface area is 293 Å². The van der Waals surface area contributed by atoms with Gasteiger partial charge in [0.25, 0.3) is 0 Å². The summed E-state index contributed by atoms with van der Waals surface area (Å²) in [7, 11) is 1.25. The van der Waals surface area contributed by atoms with Crippen molar-refractivity contribution in [2.75, 3.05) is 57.1 Å². The van der Waals surface area contributed by atoms with E-state index in [0.717, 1.165) is 30.2 Å². The van der Waals surface area contributed by atoms with E-state index in [1.165, 1.54) is 13.2 Å². The number of nitrogens with two attached hydrogens (primary N) is 1. The van der Waals surface area contributed by atoms with Gasteiger partial charge in [-0.15, -0.1) is 11.3 Å². The predicted octanol–water partition coefficient (Wildman–Crippen LogP) is 6.46. The van der Waals surface area contributed by atoms with Crippen LogP contribution in [0.3, 0.4) is 0 Å².